The van der Waals surface area contributed by atoms with Gasteiger partial charge in [-0.15, -0.1) is 0 Å². The number of para-hydroxylation sites is 1. The lowest BCUT2D eigenvalue weighted by Crippen LogP contribution is -3.13. The van der Waals surface area contributed by atoms with Crippen molar-refractivity contribution in [1.29, 1.82) is 0 Å². The Hall–Kier alpha value is -3.13. The number of aliphatic hydroxyl groups is 1. The van der Waals surface area contributed by atoms with Gasteiger partial charge in [-0.1, -0.05) is 30.0 Å². The number of carbonyl (C=O) groups is 1. The Balaban J connectivity index is 1.42. The third-order valence-electron chi connectivity index (χ3n) is 6.33. The number of piperazine rings is 1. The molecule has 5 rings (SSSR count). The fraction of sp³-hybridized carbons (Fsp3) is 0.320. The average Bonchev–Trinajstić information content (AvgIpc) is 3.33. The van der Waals surface area contributed by atoms with Gasteiger partial charge >= 0.3 is 0 Å². The zero-order chi connectivity index (χ0) is 22.2. The number of carbonyl (C=O) groups excluding carboxylic acids is 1. The van der Waals surface area contributed by atoms with Gasteiger partial charge < -0.3 is 24.3 Å². The van der Waals surface area contributed by atoms with Crippen LogP contribution < -0.4 is 14.7 Å². The molecule has 1 saturated heterocycles. The van der Waals surface area contributed by atoms with Gasteiger partial charge in [0.05, 0.1) is 25.3 Å². The van der Waals surface area contributed by atoms with Crippen molar-refractivity contribution in [2.24, 2.45) is 0 Å². The van der Waals surface area contributed by atoms with Gasteiger partial charge in [0.15, 0.2) is 5.76 Å². The summed E-state index contributed by atoms with van der Waals surface area (Å²) in [6.07, 6.45) is 1.61. The standard InChI is InChI=1S/C25H26N2O5/c1-16-12-20(29)19(15-27-8-6-26(7-9-27)10-11-28)25-23(16)24(30)22(32-25)14-18-13-17-4-2-3-5-21(17)31-18/h2-5,12-14,28-29H,6-11,15H2,1H3/b22-14-. The molecule has 0 spiro atoms. The summed E-state index contributed by atoms with van der Waals surface area (Å²) in [5.41, 5.74) is 2.40. The number of aliphatic hydroxyl groups excluding tert-OH is 1. The highest BCUT2D eigenvalue weighted by molar-refractivity contribution is 6.15. The quantitative estimate of drug-likeness (QED) is 0.585. The van der Waals surface area contributed by atoms with Crippen LogP contribution in [0.3, 0.4) is 0 Å². The van der Waals surface area contributed by atoms with Crippen molar-refractivity contribution in [3.8, 4) is 11.5 Å². The van der Waals surface area contributed by atoms with Crippen molar-refractivity contribution < 1.29 is 29.1 Å². The number of allylic oxidation sites excluding steroid dienone is 1. The summed E-state index contributed by atoms with van der Waals surface area (Å²) < 4.78 is 11.8. The number of benzene rings is 2. The Morgan fingerprint density at radius 1 is 1.22 bits per heavy atom. The van der Waals surface area contributed by atoms with Crippen molar-refractivity contribution in [2.45, 2.75) is 13.5 Å². The molecule has 0 unspecified atom stereocenters. The van der Waals surface area contributed by atoms with E-state index in [0.717, 1.165) is 37.1 Å². The highest BCUT2D eigenvalue weighted by atomic mass is 16.5. The van der Waals surface area contributed by atoms with E-state index < -0.39 is 0 Å². The van der Waals surface area contributed by atoms with Gasteiger partial charge in [0.2, 0.25) is 5.78 Å². The first-order chi connectivity index (χ1) is 15.5. The van der Waals surface area contributed by atoms with Crippen molar-refractivity contribution in [3.63, 3.8) is 0 Å². The van der Waals surface area contributed by atoms with Crippen molar-refractivity contribution in [2.75, 3.05) is 39.3 Å². The Bertz CT molecular complexity index is 1170. The van der Waals surface area contributed by atoms with E-state index in [2.05, 4.69) is 4.90 Å². The average molecular weight is 434 g/mol. The van der Waals surface area contributed by atoms with Gasteiger partial charge in [0.25, 0.3) is 0 Å². The molecule has 0 saturated carbocycles. The molecule has 0 atom stereocenters. The minimum atomic E-state index is -0.220. The number of aryl methyl sites for hydroxylation is 1. The first-order valence-electron chi connectivity index (χ1n) is 11.0. The van der Waals surface area contributed by atoms with Crippen LogP contribution in [0, 0.1) is 6.92 Å². The SMILES string of the molecule is Cc1cc([O-])c(C[NH+]2CCN(CCO)CC2)c2c1C(=O)/C(=C/c1cc3ccccc3o1)O2. The van der Waals surface area contributed by atoms with Gasteiger partial charge in [-0.25, -0.2) is 0 Å². The number of nitrogens with zero attached hydrogens (tertiary/aromatic N) is 1. The first kappa shape index (κ1) is 20.8. The Morgan fingerprint density at radius 3 is 2.75 bits per heavy atom. The Labute approximate surface area is 186 Å². The molecule has 0 amide bonds. The first-order valence-corrected chi connectivity index (χ1v) is 11.0. The number of ketones is 1. The molecule has 166 valence electrons. The second-order valence-electron chi connectivity index (χ2n) is 8.49. The fourth-order valence-electron chi connectivity index (χ4n) is 4.60. The van der Waals surface area contributed by atoms with Gasteiger partial charge in [-0.3, -0.25) is 9.69 Å². The number of hydrogen-bond acceptors (Lipinski definition) is 6. The molecule has 7 heteroatoms. The molecule has 3 heterocycles. The van der Waals surface area contributed by atoms with Crippen LogP contribution in [-0.2, 0) is 6.54 Å². The highest BCUT2D eigenvalue weighted by Crippen LogP contribution is 2.40. The lowest BCUT2D eigenvalue weighted by molar-refractivity contribution is -0.918. The number of rotatable bonds is 5. The third-order valence-corrected chi connectivity index (χ3v) is 6.33. The van der Waals surface area contributed by atoms with Crippen LogP contribution in [0.25, 0.3) is 17.0 Å². The molecule has 0 aliphatic carbocycles. The fourth-order valence-corrected chi connectivity index (χ4v) is 4.60. The second-order valence-corrected chi connectivity index (χ2v) is 8.49. The molecular weight excluding hydrogens is 408 g/mol. The number of ether oxygens (including phenoxy) is 1. The zero-order valence-electron chi connectivity index (χ0n) is 18.0. The molecule has 3 aromatic rings. The summed E-state index contributed by atoms with van der Waals surface area (Å²) in [7, 11) is 0. The lowest BCUT2D eigenvalue weighted by Gasteiger charge is -2.32. The molecule has 2 N–H and O–H groups in total. The normalized spacial score (nSPS) is 18.4. The van der Waals surface area contributed by atoms with Crippen molar-refractivity contribution >= 4 is 22.8 Å². The molecule has 1 fully saturated rings. The molecular formula is C25H26N2O5. The van der Waals surface area contributed by atoms with Gasteiger partial charge in [-0.05, 0) is 24.6 Å². The summed E-state index contributed by atoms with van der Waals surface area (Å²) in [6.45, 7) is 6.60. The van der Waals surface area contributed by atoms with E-state index in [0.29, 0.717) is 41.3 Å². The number of hydrogen-bond donors (Lipinski definition) is 2. The Morgan fingerprint density at radius 2 is 2.00 bits per heavy atom. The van der Waals surface area contributed by atoms with E-state index >= 15 is 0 Å². The minimum absolute atomic E-state index is 0.0932. The topological polar surface area (TPSA) is 90.4 Å². The maximum absolute atomic E-state index is 13.1. The van der Waals surface area contributed by atoms with E-state index in [9.17, 15) is 9.90 Å². The van der Waals surface area contributed by atoms with Crippen LogP contribution >= 0.6 is 0 Å². The monoisotopic (exact) mass is 434 g/mol. The van der Waals surface area contributed by atoms with Crippen LogP contribution in [0.1, 0.15) is 27.2 Å². The smallest absolute Gasteiger partial charge is 0.232 e. The van der Waals surface area contributed by atoms with Crippen LogP contribution in [0.4, 0.5) is 0 Å². The summed E-state index contributed by atoms with van der Waals surface area (Å²) >= 11 is 0. The molecule has 2 aliphatic heterocycles. The van der Waals surface area contributed by atoms with E-state index in [4.69, 9.17) is 14.3 Å². The lowest BCUT2D eigenvalue weighted by atomic mass is 9.99. The van der Waals surface area contributed by atoms with E-state index in [1.807, 2.05) is 30.3 Å². The summed E-state index contributed by atoms with van der Waals surface area (Å²) in [5, 5.41) is 22.9. The molecule has 1 aromatic heterocycles. The van der Waals surface area contributed by atoms with Gasteiger partial charge in [0, 0.05) is 36.7 Å². The number of fused-ring (bicyclic) bond motifs is 2. The van der Waals surface area contributed by atoms with Crippen molar-refractivity contribution in [3.05, 3.63) is 64.6 Å². The molecule has 0 bridgehead atoms. The maximum atomic E-state index is 13.1. The molecule has 32 heavy (non-hydrogen) atoms. The van der Waals surface area contributed by atoms with Crippen LogP contribution in [0.2, 0.25) is 0 Å². The predicted octanol–water partition coefficient (Wildman–Crippen LogP) is 1.12. The van der Waals surface area contributed by atoms with Gasteiger partial charge in [-0.2, -0.15) is 0 Å². The van der Waals surface area contributed by atoms with Crippen molar-refractivity contribution in [1.82, 2.24) is 4.90 Å². The van der Waals surface area contributed by atoms with E-state index in [1.54, 1.807) is 19.1 Å². The molecule has 0 radical (unpaired) electrons. The maximum Gasteiger partial charge on any atom is 0.232 e. The molecule has 2 aliphatic rings. The number of nitrogens with one attached hydrogen (secondary N) is 1. The summed E-state index contributed by atoms with van der Waals surface area (Å²) in [5.74, 6) is 0.797. The van der Waals surface area contributed by atoms with Crippen LogP contribution in [0.15, 0.2) is 46.6 Å². The second kappa shape index (κ2) is 8.43. The van der Waals surface area contributed by atoms with Crippen LogP contribution in [0.5, 0.6) is 11.5 Å². The number of Topliss-reactive ketones (excluding diaryl/α,β-unsaturated/α-hetero) is 1. The van der Waals surface area contributed by atoms with Crippen LogP contribution in [-0.4, -0.2) is 55.1 Å². The predicted molar refractivity (Wildman–Crippen MR) is 118 cm³/mol. The number of β-amino-alcohol motifs (C(OH)–C–C–N with tert-alkyl or cyclic N) is 1. The number of furan rings is 1. The molecule has 2 aromatic carbocycles. The van der Waals surface area contributed by atoms with E-state index in [-0.39, 0.29) is 23.9 Å². The third kappa shape index (κ3) is 3.79. The number of quaternary nitrogens is 1. The highest BCUT2D eigenvalue weighted by Gasteiger charge is 2.33. The Kier molecular flexibility index (Phi) is 5.46. The molecule has 7 nitrogen and oxygen atoms in total. The zero-order valence-corrected chi connectivity index (χ0v) is 18.0. The largest absolute Gasteiger partial charge is 0.872 e. The minimum Gasteiger partial charge on any atom is -0.872 e. The summed E-state index contributed by atoms with van der Waals surface area (Å²) in [6, 6.07) is 11.1. The summed E-state index contributed by atoms with van der Waals surface area (Å²) in [4.78, 5) is 16.6. The van der Waals surface area contributed by atoms with E-state index in [1.165, 1.54) is 4.90 Å². The van der Waals surface area contributed by atoms with Gasteiger partial charge in [0.1, 0.15) is 23.6 Å².